The maximum atomic E-state index is 11.7. The standard InChI is InChI=1S/C11H20N2O4/c1-4-9(14)7(2)13-11(17)8(12-3)5-6-10(15)16/h7-8,12H,4-6H2,1-3H3,(H,13,17)(H,15,16)/t7-,8-/m1/s1. The number of nitrogens with one attached hydrogen (secondary N) is 2. The lowest BCUT2D eigenvalue weighted by Crippen LogP contribution is -2.48. The van der Waals surface area contributed by atoms with Crippen LogP contribution in [0.5, 0.6) is 0 Å². The topological polar surface area (TPSA) is 95.5 Å². The van der Waals surface area contributed by atoms with Crippen molar-refractivity contribution < 1.29 is 19.5 Å². The number of likely N-dealkylation sites (N-methyl/N-ethyl adjacent to an activating group) is 1. The van der Waals surface area contributed by atoms with Gasteiger partial charge in [0.1, 0.15) is 0 Å². The van der Waals surface area contributed by atoms with Crippen LogP contribution in [0.15, 0.2) is 0 Å². The quantitative estimate of drug-likeness (QED) is 0.555. The molecule has 0 spiro atoms. The molecule has 0 rings (SSSR count). The monoisotopic (exact) mass is 244 g/mol. The molecule has 0 unspecified atom stereocenters. The molecule has 0 aliphatic heterocycles. The van der Waals surface area contributed by atoms with E-state index in [1.54, 1.807) is 20.9 Å². The van der Waals surface area contributed by atoms with Gasteiger partial charge in [-0.1, -0.05) is 6.92 Å². The zero-order valence-corrected chi connectivity index (χ0v) is 10.4. The molecule has 17 heavy (non-hydrogen) atoms. The van der Waals surface area contributed by atoms with Gasteiger partial charge in [-0.15, -0.1) is 0 Å². The zero-order chi connectivity index (χ0) is 13.4. The predicted molar refractivity (Wildman–Crippen MR) is 62.6 cm³/mol. The average molecular weight is 244 g/mol. The summed E-state index contributed by atoms with van der Waals surface area (Å²) in [5.41, 5.74) is 0. The zero-order valence-electron chi connectivity index (χ0n) is 10.4. The number of carbonyl (C=O) groups is 3. The van der Waals surface area contributed by atoms with Crippen molar-refractivity contribution in [1.82, 2.24) is 10.6 Å². The van der Waals surface area contributed by atoms with Crippen LogP contribution in [0.2, 0.25) is 0 Å². The highest BCUT2D eigenvalue weighted by Crippen LogP contribution is 1.99. The van der Waals surface area contributed by atoms with E-state index in [9.17, 15) is 14.4 Å². The average Bonchev–Trinajstić information content (AvgIpc) is 2.28. The summed E-state index contributed by atoms with van der Waals surface area (Å²) >= 11 is 0. The Balaban J connectivity index is 4.25. The third-order valence-electron chi connectivity index (χ3n) is 2.50. The van der Waals surface area contributed by atoms with Crippen LogP contribution in [0.25, 0.3) is 0 Å². The molecule has 6 nitrogen and oxygen atoms in total. The number of Topliss-reactive ketones (excluding diaryl/α,β-unsaturated/α-hetero) is 1. The van der Waals surface area contributed by atoms with Crippen LogP contribution in [-0.2, 0) is 14.4 Å². The van der Waals surface area contributed by atoms with Gasteiger partial charge in [0.25, 0.3) is 0 Å². The van der Waals surface area contributed by atoms with Gasteiger partial charge >= 0.3 is 5.97 Å². The van der Waals surface area contributed by atoms with Gasteiger partial charge in [0.2, 0.25) is 5.91 Å². The summed E-state index contributed by atoms with van der Waals surface area (Å²) in [5, 5.41) is 13.8. The fourth-order valence-corrected chi connectivity index (χ4v) is 1.37. The Morgan fingerprint density at radius 2 is 1.88 bits per heavy atom. The van der Waals surface area contributed by atoms with E-state index in [1.165, 1.54) is 0 Å². The van der Waals surface area contributed by atoms with E-state index in [0.29, 0.717) is 6.42 Å². The van der Waals surface area contributed by atoms with E-state index < -0.39 is 18.1 Å². The van der Waals surface area contributed by atoms with Gasteiger partial charge in [0.05, 0.1) is 12.1 Å². The molecule has 0 aliphatic rings. The summed E-state index contributed by atoms with van der Waals surface area (Å²) in [7, 11) is 1.58. The first kappa shape index (κ1) is 15.6. The van der Waals surface area contributed by atoms with Gasteiger partial charge < -0.3 is 15.7 Å². The number of carboxylic acid groups (broad SMARTS) is 1. The number of amides is 1. The Hall–Kier alpha value is -1.43. The van der Waals surface area contributed by atoms with E-state index in [4.69, 9.17) is 5.11 Å². The summed E-state index contributed by atoms with van der Waals surface area (Å²) in [6.07, 6.45) is 0.473. The Morgan fingerprint density at radius 3 is 2.29 bits per heavy atom. The fourth-order valence-electron chi connectivity index (χ4n) is 1.37. The molecule has 0 saturated heterocycles. The van der Waals surface area contributed by atoms with Crippen molar-refractivity contribution in [2.45, 2.75) is 45.2 Å². The van der Waals surface area contributed by atoms with E-state index in [-0.39, 0.29) is 24.5 Å². The minimum atomic E-state index is -0.948. The molecule has 0 aliphatic carbocycles. The summed E-state index contributed by atoms with van der Waals surface area (Å²) in [6.45, 7) is 3.35. The normalized spacial score (nSPS) is 13.8. The fraction of sp³-hybridized carbons (Fsp3) is 0.727. The summed E-state index contributed by atoms with van der Waals surface area (Å²) in [5.74, 6) is -1.34. The van der Waals surface area contributed by atoms with Crippen LogP contribution in [0.4, 0.5) is 0 Å². The lowest BCUT2D eigenvalue weighted by atomic mass is 10.1. The second-order valence-corrected chi connectivity index (χ2v) is 3.82. The van der Waals surface area contributed by atoms with Crippen molar-refractivity contribution in [2.75, 3.05) is 7.05 Å². The highest BCUT2D eigenvalue weighted by atomic mass is 16.4. The van der Waals surface area contributed by atoms with Gasteiger partial charge in [-0.05, 0) is 20.4 Å². The van der Waals surface area contributed by atoms with Crippen LogP contribution in [-0.4, -0.2) is 41.9 Å². The first-order valence-electron chi connectivity index (χ1n) is 5.64. The minimum absolute atomic E-state index is 0.0496. The lowest BCUT2D eigenvalue weighted by Gasteiger charge is -2.18. The van der Waals surface area contributed by atoms with Crippen molar-refractivity contribution >= 4 is 17.7 Å². The Morgan fingerprint density at radius 1 is 1.29 bits per heavy atom. The predicted octanol–water partition coefficient (Wildman–Crippen LogP) is -0.0770. The second kappa shape index (κ2) is 7.78. The van der Waals surface area contributed by atoms with Gasteiger partial charge in [-0.2, -0.15) is 0 Å². The second-order valence-electron chi connectivity index (χ2n) is 3.82. The number of carbonyl (C=O) groups excluding carboxylic acids is 2. The largest absolute Gasteiger partial charge is 0.481 e. The highest BCUT2D eigenvalue weighted by Gasteiger charge is 2.21. The molecule has 0 fully saturated rings. The van der Waals surface area contributed by atoms with Crippen molar-refractivity contribution in [3.05, 3.63) is 0 Å². The molecule has 98 valence electrons. The first-order valence-corrected chi connectivity index (χ1v) is 5.64. The smallest absolute Gasteiger partial charge is 0.303 e. The molecule has 0 aromatic carbocycles. The van der Waals surface area contributed by atoms with Crippen LogP contribution >= 0.6 is 0 Å². The van der Waals surface area contributed by atoms with Crippen molar-refractivity contribution in [1.29, 1.82) is 0 Å². The number of carboxylic acids is 1. The van der Waals surface area contributed by atoms with Crippen LogP contribution < -0.4 is 10.6 Å². The highest BCUT2D eigenvalue weighted by molar-refractivity contribution is 5.90. The van der Waals surface area contributed by atoms with Gasteiger partial charge in [0, 0.05) is 12.8 Å². The first-order chi connectivity index (χ1) is 7.92. The van der Waals surface area contributed by atoms with Gasteiger partial charge in [0.15, 0.2) is 5.78 Å². The van der Waals surface area contributed by atoms with Crippen molar-refractivity contribution in [3.63, 3.8) is 0 Å². The third kappa shape index (κ3) is 6.01. The molecular weight excluding hydrogens is 224 g/mol. The summed E-state index contributed by atoms with van der Waals surface area (Å²) in [6, 6.07) is -1.12. The van der Waals surface area contributed by atoms with E-state index in [2.05, 4.69) is 10.6 Å². The number of hydrogen-bond donors (Lipinski definition) is 3. The van der Waals surface area contributed by atoms with Crippen LogP contribution in [0.1, 0.15) is 33.1 Å². The molecule has 0 aromatic heterocycles. The van der Waals surface area contributed by atoms with Crippen molar-refractivity contribution in [3.8, 4) is 0 Å². The summed E-state index contributed by atoms with van der Waals surface area (Å²) < 4.78 is 0. The molecule has 3 N–H and O–H groups in total. The maximum absolute atomic E-state index is 11.7. The SMILES string of the molecule is CCC(=O)[C@@H](C)NC(=O)[C@@H](CCC(=O)O)NC. The number of aliphatic carboxylic acids is 1. The number of ketones is 1. The molecule has 0 saturated carbocycles. The molecule has 0 aromatic rings. The van der Waals surface area contributed by atoms with E-state index >= 15 is 0 Å². The van der Waals surface area contributed by atoms with Crippen LogP contribution in [0, 0.1) is 0 Å². The molecule has 2 atom stereocenters. The summed E-state index contributed by atoms with van der Waals surface area (Å²) in [4.78, 5) is 33.4. The van der Waals surface area contributed by atoms with E-state index in [1.807, 2.05) is 0 Å². The van der Waals surface area contributed by atoms with Crippen LogP contribution in [0.3, 0.4) is 0 Å². The Kier molecular flexibility index (Phi) is 7.13. The molecule has 0 bridgehead atoms. The van der Waals surface area contributed by atoms with E-state index in [0.717, 1.165) is 0 Å². The van der Waals surface area contributed by atoms with Gasteiger partial charge in [-0.25, -0.2) is 0 Å². The minimum Gasteiger partial charge on any atom is -0.481 e. The number of rotatable bonds is 8. The Labute approximate surface area is 101 Å². The van der Waals surface area contributed by atoms with Gasteiger partial charge in [-0.3, -0.25) is 14.4 Å². The Bertz CT molecular complexity index is 291. The maximum Gasteiger partial charge on any atom is 0.303 e. The lowest BCUT2D eigenvalue weighted by molar-refractivity contribution is -0.137. The van der Waals surface area contributed by atoms with Crippen molar-refractivity contribution in [2.24, 2.45) is 0 Å². The molecule has 0 radical (unpaired) electrons. The third-order valence-corrected chi connectivity index (χ3v) is 2.50. The molecular formula is C11H20N2O4. The molecule has 6 heteroatoms. The number of hydrogen-bond acceptors (Lipinski definition) is 4. The molecule has 0 heterocycles. The molecule has 1 amide bonds.